The molecule has 0 radical (unpaired) electrons. The number of nitrogens with zero attached hydrogens (tertiary/aromatic N) is 1. The summed E-state index contributed by atoms with van der Waals surface area (Å²) in [6.45, 7) is 3.29. The van der Waals surface area contributed by atoms with E-state index in [4.69, 9.17) is 0 Å². The lowest BCUT2D eigenvalue weighted by atomic mass is 10.2. The second kappa shape index (κ2) is 6.49. The minimum Gasteiger partial charge on any atom is -0.468 e. The van der Waals surface area contributed by atoms with Gasteiger partial charge in [-0.15, -0.1) is 0 Å². The van der Waals surface area contributed by atoms with Gasteiger partial charge in [-0.2, -0.15) is 17.4 Å². The number of hydrogen-bond donors (Lipinski definition) is 1. The van der Waals surface area contributed by atoms with Gasteiger partial charge in [0, 0.05) is 12.1 Å². The molecule has 6 nitrogen and oxygen atoms in total. The van der Waals surface area contributed by atoms with Crippen molar-refractivity contribution in [2.45, 2.75) is 51.6 Å². The predicted molar refractivity (Wildman–Crippen MR) is 68.2 cm³/mol. The largest absolute Gasteiger partial charge is 0.468 e. The van der Waals surface area contributed by atoms with Crippen molar-refractivity contribution in [3.8, 4) is 0 Å². The topological polar surface area (TPSA) is 75.7 Å². The van der Waals surface area contributed by atoms with Gasteiger partial charge in [0.1, 0.15) is 6.54 Å². The molecular formula is C11H22N2O4S. The minimum atomic E-state index is -3.63. The Bertz CT molecular complexity index is 375. The maximum Gasteiger partial charge on any atom is 0.321 e. The Hall–Kier alpha value is -0.660. The molecule has 0 heterocycles. The van der Waals surface area contributed by atoms with Crippen LogP contribution in [0.15, 0.2) is 0 Å². The Balaban J connectivity index is 2.85. The maximum atomic E-state index is 12.2. The van der Waals surface area contributed by atoms with Gasteiger partial charge in [0.15, 0.2) is 0 Å². The first-order chi connectivity index (χ1) is 8.36. The van der Waals surface area contributed by atoms with E-state index in [0.29, 0.717) is 0 Å². The average Bonchev–Trinajstić information content (AvgIpc) is 2.76. The number of carbonyl (C=O) groups is 1. The number of esters is 1. The van der Waals surface area contributed by atoms with E-state index in [1.54, 1.807) is 13.8 Å². The van der Waals surface area contributed by atoms with Gasteiger partial charge in [-0.05, 0) is 26.7 Å². The van der Waals surface area contributed by atoms with Crippen LogP contribution in [0.1, 0.15) is 39.5 Å². The summed E-state index contributed by atoms with van der Waals surface area (Å²) < 4.78 is 32.7. The summed E-state index contributed by atoms with van der Waals surface area (Å²) in [4.78, 5) is 11.4. The molecule has 18 heavy (non-hydrogen) atoms. The number of carbonyl (C=O) groups excluding carboxylic acids is 1. The zero-order chi connectivity index (χ0) is 13.8. The van der Waals surface area contributed by atoms with Crippen LogP contribution in [0.2, 0.25) is 0 Å². The Morgan fingerprint density at radius 1 is 1.39 bits per heavy atom. The summed E-state index contributed by atoms with van der Waals surface area (Å²) >= 11 is 0. The van der Waals surface area contributed by atoms with E-state index in [2.05, 4.69) is 9.46 Å². The average molecular weight is 278 g/mol. The quantitative estimate of drug-likeness (QED) is 0.724. The molecule has 0 amide bonds. The van der Waals surface area contributed by atoms with E-state index in [1.807, 2.05) is 0 Å². The van der Waals surface area contributed by atoms with Crippen molar-refractivity contribution < 1.29 is 17.9 Å². The van der Waals surface area contributed by atoms with Gasteiger partial charge in [-0.25, -0.2) is 0 Å². The highest BCUT2D eigenvalue weighted by Gasteiger charge is 2.34. The van der Waals surface area contributed by atoms with Crippen LogP contribution in [0.4, 0.5) is 0 Å². The van der Waals surface area contributed by atoms with Crippen LogP contribution in [0.25, 0.3) is 0 Å². The molecule has 0 aromatic carbocycles. The van der Waals surface area contributed by atoms with Gasteiger partial charge >= 0.3 is 5.97 Å². The molecule has 0 unspecified atom stereocenters. The van der Waals surface area contributed by atoms with Crippen LogP contribution >= 0.6 is 0 Å². The van der Waals surface area contributed by atoms with Crippen LogP contribution in [0.3, 0.4) is 0 Å². The van der Waals surface area contributed by atoms with Crippen LogP contribution in [-0.4, -0.2) is 44.4 Å². The Morgan fingerprint density at radius 3 is 2.39 bits per heavy atom. The summed E-state index contributed by atoms with van der Waals surface area (Å²) in [5.74, 6) is -0.531. The molecule has 0 atom stereocenters. The van der Waals surface area contributed by atoms with E-state index in [0.717, 1.165) is 25.7 Å². The third-order valence-electron chi connectivity index (χ3n) is 2.94. The third-order valence-corrected chi connectivity index (χ3v) is 4.75. The summed E-state index contributed by atoms with van der Waals surface area (Å²) in [6, 6.07) is -0.295. The SMILES string of the molecule is COC(=O)CN(C1CCCC1)S(=O)(=O)NC(C)C. The molecule has 106 valence electrons. The fraction of sp³-hybridized carbons (Fsp3) is 0.909. The molecule has 7 heteroatoms. The van der Waals surface area contributed by atoms with Gasteiger partial charge in [0.05, 0.1) is 7.11 Å². The lowest BCUT2D eigenvalue weighted by Gasteiger charge is -2.27. The number of rotatable bonds is 6. The maximum absolute atomic E-state index is 12.2. The first-order valence-corrected chi connectivity index (χ1v) is 7.66. The van der Waals surface area contributed by atoms with E-state index in [9.17, 15) is 13.2 Å². The highest BCUT2D eigenvalue weighted by atomic mass is 32.2. The molecule has 1 fully saturated rings. The van der Waals surface area contributed by atoms with E-state index in [1.165, 1.54) is 11.4 Å². The Morgan fingerprint density at radius 2 is 1.94 bits per heavy atom. The minimum absolute atomic E-state index is 0.0969. The number of ether oxygens (including phenoxy) is 1. The fourth-order valence-electron chi connectivity index (χ4n) is 2.16. The van der Waals surface area contributed by atoms with E-state index >= 15 is 0 Å². The summed E-state index contributed by atoms with van der Waals surface area (Å²) in [5.41, 5.74) is 0. The zero-order valence-corrected chi connectivity index (χ0v) is 12.0. The fourth-order valence-corrected chi connectivity index (χ4v) is 3.77. The highest BCUT2D eigenvalue weighted by Crippen LogP contribution is 2.25. The first kappa shape index (κ1) is 15.4. The highest BCUT2D eigenvalue weighted by molar-refractivity contribution is 7.87. The second-order valence-electron chi connectivity index (χ2n) is 4.84. The van der Waals surface area contributed by atoms with Crippen molar-refractivity contribution in [2.75, 3.05) is 13.7 Å². The predicted octanol–water partition coefficient (Wildman–Crippen LogP) is 0.647. The lowest BCUT2D eigenvalue weighted by Crippen LogP contribution is -2.49. The van der Waals surface area contributed by atoms with Crippen molar-refractivity contribution in [1.82, 2.24) is 9.03 Å². The molecule has 1 saturated carbocycles. The Labute approximate surface area is 109 Å². The van der Waals surface area contributed by atoms with Gasteiger partial charge < -0.3 is 4.74 Å². The van der Waals surface area contributed by atoms with Gasteiger partial charge in [0.25, 0.3) is 10.2 Å². The molecule has 0 saturated heterocycles. The van der Waals surface area contributed by atoms with E-state index < -0.39 is 16.2 Å². The molecule has 0 spiro atoms. The molecule has 0 aliphatic heterocycles. The van der Waals surface area contributed by atoms with Gasteiger partial charge in [0.2, 0.25) is 0 Å². The van der Waals surface area contributed by atoms with Crippen molar-refractivity contribution in [3.63, 3.8) is 0 Å². The zero-order valence-electron chi connectivity index (χ0n) is 11.2. The number of methoxy groups -OCH3 is 1. The molecule has 0 aromatic rings. The van der Waals surface area contributed by atoms with Crippen molar-refractivity contribution in [2.24, 2.45) is 0 Å². The number of hydrogen-bond acceptors (Lipinski definition) is 4. The van der Waals surface area contributed by atoms with E-state index in [-0.39, 0.29) is 18.6 Å². The Kier molecular flexibility index (Phi) is 5.55. The standard InChI is InChI=1S/C11H22N2O4S/c1-9(2)12-18(15,16)13(8-11(14)17-3)10-6-4-5-7-10/h9-10,12H,4-8H2,1-3H3. The van der Waals surface area contributed by atoms with Gasteiger partial charge in [-0.1, -0.05) is 12.8 Å². The van der Waals surface area contributed by atoms with Crippen LogP contribution in [0, 0.1) is 0 Å². The van der Waals surface area contributed by atoms with Gasteiger partial charge in [-0.3, -0.25) is 4.79 Å². The molecule has 0 bridgehead atoms. The second-order valence-corrected chi connectivity index (χ2v) is 6.49. The molecule has 1 N–H and O–H groups in total. The van der Waals surface area contributed by atoms with Crippen LogP contribution in [-0.2, 0) is 19.7 Å². The first-order valence-electron chi connectivity index (χ1n) is 6.22. The molecule has 1 aliphatic rings. The van der Waals surface area contributed by atoms with Crippen molar-refractivity contribution in [3.05, 3.63) is 0 Å². The normalized spacial score (nSPS) is 17.6. The summed E-state index contributed by atoms with van der Waals surface area (Å²) in [7, 11) is -2.37. The molecular weight excluding hydrogens is 256 g/mol. The summed E-state index contributed by atoms with van der Waals surface area (Å²) in [6.07, 6.45) is 3.60. The van der Waals surface area contributed by atoms with Crippen LogP contribution in [0.5, 0.6) is 0 Å². The van der Waals surface area contributed by atoms with Crippen molar-refractivity contribution in [1.29, 1.82) is 0 Å². The van der Waals surface area contributed by atoms with Crippen molar-refractivity contribution >= 4 is 16.2 Å². The lowest BCUT2D eigenvalue weighted by molar-refractivity contribution is -0.141. The number of nitrogens with one attached hydrogen (secondary N) is 1. The molecule has 0 aromatic heterocycles. The molecule has 1 aliphatic carbocycles. The smallest absolute Gasteiger partial charge is 0.321 e. The molecule has 1 rings (SSSR count). The summed E-state index contributed by atoms with van der Waals surface area (Å²) in [5, 5.41) is 0. The monoisotopic (exact) mass is 278 g/mol. The third kappa shape index (κ3) is 4.22. The van der Waals surface area contributed by atoms with Crippen LogP contribution < -0.4 is 4.72 Å².